The molecule has 0 spiro atoms. The minimum absolute atomic E-state index is 0.00201. The SMILES string of the molecule is CCC1NC(=O)C(C[C@H](C)CCCCO)N(C)C(=O)C(C(C)C)N(C)C(=O)C(CC(C)C)N(C)C(=O)[C@@H](CC(C)C)N(C)C(=O)NC(=O)[C@@H](C)N[C@@H](CC(C)C)N(C)C(C(C)C)NC(=O)[C@H](CC(C)C)N(C)C(=O)[C@@H](C)N(C)C1=O. The lowest BCUT2D eigenvalue weighted by Crippen LogP contribution is -2.63. The quantitative estimate of drug-likeness (QED) is 0.122. The standard InChI is InChI=1S/C59H111N11O10/c1-24-43-55(76)64(17)42(16)54(75)65(18)44(29-34(2)3)53(74)62-50(39(12)13)69(22)48(32-37(8)9)60-41(15)51(72)63-59(80)68(21)47(31-36(6)7)56(77)67(20)46(30-35(4)5)57(78)70(23)49(38(10)11)58(79)66(19)45(52(73)61-43)33-40(14)27-25-26-28-71/h34-50,60,71H,24-33H2,1-23H3,(H,61,73)(H,62,74)(H,63,72,80)/t40-,41-,42-,43?,44+,45?,46?,47-,48-,49?,50?/m1/s1. The van der Waals surface area contributed by atoms with E-state index in [0.717, 1.165) is 0 Å². The van der Waals surface area contributed by atoms with Gasteiger partial charge in [-0.2, -0.15) is 0 Å². The Morgan fingerprint density at radius 2 is 0.925 bits per heavy atom. The number of carbonyl (C=O) groups excluding carboxylic acids is 9. The van der Waals surface area contributed by atoms with Gasteiger partial charge in [0.15, 0.2) is 0 Å². The number of aliphatic hydroxyl groups is 1. The van der Waals surface area contributed by atoms with Gasteiger partial charge in [0.2, 0.25) is 47.3 Å². The second-order valence-electron chi connectivity index (χ2n) is 25.4. The summed E-state index contributed by atoms with van der Waals surface area (Å²) in [7, 11) is 10.8. The molecule has 5 unspecified atom stereocenters. The predicted octanol–water partition coefficient (Wildman–Crippen LogP) is 4.95. The Morgan fingerprint density at radius 3 is 1.40 bits per heavy atom. The lowest BCUT2D eigenvalue weighted by atomic mass is 9.93. The van der Waals surface area contributed by atoms with Crippen LogP contribution in [0, 0.1) is 41.4 Å². The molecular formula is C59H111N11O10. The van der Waals surface area contributed by atoms with Crippen LogP contribution in [0.3, 0.4) is 0 Å². The van der Waals surface area contributed by atoms with Gasteiger partial charge < -0.3 is 45.1 Å². The van der Waals surface area contributed by atoms with Gasteiger partial charge in [0.25, 0.3) is 0 Å². The molecule has 0 saturated carbocycles. The molecule has 21 heteroatoms. The van der Waals surface area contributed by atoms with Crippen molar-refractivity contribution < 1.29 is 48.3 Å². The first-order valence-electron chi connectivity index (χ1n) is 29.6. The Balaban J connectivity index is 4.30. The van der Waals surface area contributed by atoms with Crippen molar-refractivity contribution in [1.29, 1.82) is 0 Å². The van der Waals surface area contributed by atoms with Crippen molar-refractivity contribution in [2.24, 2.45) is 41.4 Å². The summed E-state index contributed by atoms with van der Waals surface area (Å²) in [5.74, 6) is -5.25. The van der Waals surface area contributed by atoms with Crippen LogP contribution in [0.2, 0.25) is 0 Å². The van der Waals surface area contributed by atoms with Crippen LogP contribution in [-0.2, 0) is 38.4 Å². The summed E-state index contributed by atoms with van der Waals surface area (Å²) >= 11 is 0. The normalized spacial score (nSPS) is 27.1. The maximum Gasteiger partial charge on any atom is 0.324 e. The van der Waals surface area contributed by atoms with E-state index in [0.29, 0.717) is 32.1 Å². The molecule has 10 amide bonds. The number of hydrogen-bond donors (Lipinski definition) is 5. The molecule has 0 aromatic heterocycles. The number of rotatable bonds is 17. The van der Waals surface area contributed by atoms with Crippen LogP contribution in [-0.4, -0.2) is 209 Å². The summed E-state index contributed by atoms with van der Waals surface area (Å²) in [4.78, 5) is 142. The van der Waals surface area contributed by atoms with Crippen molar-refractivity contribution in [1.82, 2.24) is 55.6 Å². The molecule has 1 fully saturated rings. The Hall–Kier alpha value is -4.89. The summed E-state index contributed by atoms with van der Waals surface area (Å²) in [5.41, 5.74) is 0. The molecule has 0 bridgehead atoms. The molecule has 1 heterocycles. The Bertz CT molecular complexity index is 2040. The van der Waals surface area contributed by atoms with E-state index in [1.54, 1.807) is 41.7 Å². The largest absolute Gasteiger partial charge is 0.396 e. The zero-order valence-electron chi connectivity index (χ0n) is 53.6. The summed E-state index contributed by atoms with van der Waals surface area (Å²) in [6, 6.07) is -9.37. The monoisotopic (exact) mass is 1130 g/mol. The summed E-state index contributed by atoms with van der Waals surface area (Å²) in [6.07, 6.45) is 2.26. The molecule has 1 saturated heterocycles. The van der Waals surface area contributed by atoms with Crippen molar-refractivity contribution in [2.75, 3.05) is 55.9 Å². The molecule has 0 aromatic rings. The maximum atomic E-state index is 15.1. The predicted molar refractivity (Wildman–Crippen MR) is 314 cm³/mol. The highest BCUT2D eigenvalue weighted by atomic mass is 16.3. The fourth-order valence-electron chi connectivity index (χ4n) is 10.6. The van der Waals surface area contributed by atoms with Crippen LogP contribution in [0.25, 0.3) is 0 Å². The average Bonchev–Trinajstić information content (AvgIpc) is 3.37. The molecular weight excluding hydrogens is 1020 g/mol. The summed E-state index contributed by atoms with van der Waals surface area (Å²) in [6.45, 7) is 30.0. The Kier molecular flexibility index (Phi) is 31.0. The number of urea groups is 1. The van der Waals surface area contributed by atoms with E-state index in [1.807, 2.05) is 88.1 Å². The van der Waals surface area contributed by atoms with Crippen LogP contribution in [0.15, 0.2) is 0 Å². The van der Waals surface area contributed by atoms with Crippen LogP contribution in [0.1, 0.15) is 169 Å². The number of likely N-dealkylation sites (N-methyl/N-ethyl adjacent to an activating group) is 6. The number of aliphatic hydroxyl groups excluding tert-OH is 1. The minimum atomic E-state index is -1.13. The third kappa shape index (κ3) is 21.1. The van der Waals surface area contributed by atoms with E-state index in [2.05, 4.69) is 21.3 Å². The highest BCUT2D eigenvalue weighted by molar-refractivity contribution is 6.00. The molecule has 462 valence electrons. The van der Waals surface area contributed by atoms with Crippen molar-refractivity contribution in [2.45, 2.75) is 229 Å². The van der Waals surface area contributed by atoms with Crippen LogP contribution in [0.5, 0.6) is 0 Å². The number of imide groups is 1. The number of amides is 10. The molecule has 1 aliphatic heterocycles. The second kappa shape index (κ2) is 33.9. The van der Waals surface area contributed by atoms with Crippen molar-refractivity contribution in [3.8, 4) is 0 Å². The van der Waals surface area contributed by atoms with Crippen LogP contribution < -0.4 is 21.3 Å². The van der Waals surface area contributed by atoms with Gasteiger partial charge in [-0.3, -0.25) is 53.9 Å². The van der Waals surface area contributed by atoms with E-state index >= 15 is 9.59 Å². The number of unbranched alkanes of at least 4 members (excludes halogenated alkanes) is 1. The first-order chi connectivity index (χ1) is 37.0. The average molecular weight is 1130 g/mol. The second-order valence-corrected chi connectivity index (χ2v) is 25.4. The first kappa shape index (κ1) is 73.1. The van der Waals surface area contributed by atoms with E-state index in [9.17, 15) is 38.7 Å². The van der Waals surface area contributed by atoms with Gasteiger partial charge in [-0.05, 0) is 107 Å². The zero-order valence-corrected chi connectivity index (χ0v) is 53.6. The van der Waals surface area contributed by atoms with Crippen molar-refractivity contribution >= 4 is 53.3 Å². The highest BCUT2D eigenvalue weighted by Crippen LogP contribution is 2.26. The minimum Gasteiger partial charge on any atom is -0.396 e. The molecule has 5 N–H and O–H groups in total. The lowest BCUT2D eigenvalue weighted by molar-refractivity contribution is -0.154. The number of carbonyl (C=O) groups is 9. The fourth-order valence-corrected chi connectivity index (χ4v) is 10.6. The van der Waals surface area contributed by atoms with E-state index in [-0.39, 0.29) is 67.8 Å². The highest BCUT2D eigenvalue weighted by Gasteiger charge is 2.44. The Morgan fingerprint density at radius 1 is 0.475 bits per heavy atom. The number of nitrogens with one attached hydrogen (secondary N) is 4. The van der Waals surface area contributed by atoms with Crippen LogP contribution in [0.4, 0.5) is 4.79 Å². The number of nitrogens with zero attached hydrogens (tertiary/aromatic N) is 7. The smallest absolute Gasteiger partial charge is 0.324 e. The summed E-state index contributed by atoms with van der Waals surface area (Å²) < 4.78 is 0. The van der Waals surface area contributed by atoms with Gasteiger partial charge in [-0.1, -0.05) is 110 Å². The molecule has 1 rings (SSSR count). The molecule has 0 aromatic carbocycles. The van der Waals surface area contributed by atoms with Gasteiger partial charge in [0, 0.05) is 48.9 Å². The lowest BCUT2D eigenvalue weighted by Gasteiger charge is -2.41. The molecule has 1 aliphatic rings. The topological polar surface area (TPSA) is 245 Å². The molecule has 21 nitrogen and oxygen atoms in total. The molecule has 0 radical (unpaired) electrons. The third-order valence-corrected chi connectivity index (χ3v) is 15.8. The van der Waals surface area contributed by atoms with Gasteiger partial charge >= 0.3 is 6.03 Å². The van der Waals surface area contributed by atoms with E-state index < -0.39 is 120 Å². The van der Waals surface area contributed by atoms with Gasteiger partial charge in [-0.25, -0.2) is 4.79 Å². The van der Waals surface area contributed by atoms with Gasteiger partial charge in [0.1, 0.15) is 42.3 Å². The maximum absolute atomic E-state index is 15.1. The van der Waals surface area contributed by atoms with E-state index in [4.69, 9.17) is 0 Å². The summed E-state index contributed by atoms with van der Waals surface area (Å²) in [5, 5.41) is 21.6. The fraction of sp³-hybridized carbons (Fsp3) is 0.847. The van der Waals surface area contributed by atoms with Crippen molar-refractivity contribution in [3.63, 3.8) is 0 Å². The van der Waals surface area contributed by atoms with E-state index in [1.165, 1.54) is 64.6 Å². The van der Waals surface area contributed by atoms with Gasteiger partial charge in [0.05, 0.1) is 18.4 Å². The molecule has 0 aliphatic carbocycles. The number of hydrogen-bond acceptors (Lipinski definition) is 12. The first-order valence-corrected chi connectivity index (χ1v) is 29.6. The Labute approximate surface area is 482 Å². The van der Waals surface area contributed by atoms with Crippen LogP contribution >= 0.6 is 0 Å². The molecule has 80 heavy (non-hydrogen) atoms. The van der Waals surface area contributed by atoms with Gasteiger partial charge in [-0.15, -0.1) is 0 Å². The zero-order chi connectivity index (χ0) is 62.0. The third-order valence-electron chi connectivity index (χ3n) is 15.8. The van der Waals surface area contributed by atoms with Crippen molar-refractivity contribution in [3.05, 3.63) is 0 Å². The molecule has 11 atom stereocenters.